The Morgan fingerprint density at radius 2 is 2.00 bits per heavy atom. The summed E-state index contributed by atoms with van der Waals surface area (Å²) in [5, 5.41) is 0. The van der Waals surface area contributed by atoms with Gasteiger partial charge in [0, 0.05) is 19.3 Å². The van der Waals surface area contributed by atoms with Gasteiger partial charge < -0.3 is 9.64 Å². The third-order valence-corrected chi connectivity index (χ3v) is 4.46. The summed E-state index contributed by atoms with van der Waals surface area (Å²) in [6.07, 6.45) is -4.42. The summed E-state index contributed by atoms with van der Waals surface area (Å²) in [5.74, 6) is -0.183. The normalized spacial score (nSPS) is 16.6. The number of nitrogens with zero attached hydrogens (tertiary/aromatic N) is 3. The molecule has 0 aromatic carbocycles. The molecule has 23 heavy (non-hydrogen) atoms. The number of aromatic nitrogens is 2. The van der Waals surface area contributed by atoms with Crippen molar-refractivity contribution >= 4 is 15.8 Å². The van der Waals surface area contributed by atoms with Gasteiger partial charge in [0.25, 0.3) is 0 Å². The molecule has 2 rings (SSSR count). The predicted molar refractivity (Wildman–Crippen MR) is 76.4 cm³/mol. The molecule has 0 spiro atoms. The standard InChI is InChI=1S/C12H17F3N4O3S/c13-12(14,15)2-8-23(20,21)17-9-10-16-3-1-11(18-10)19-4-6-22-7-5-19/h1,3,17H,2,4-9H2. The van der Waals surface area contributed by atoms with Crippen LogP contribution in [0.1, 0.15) is 12.2 Å². The lowest BCUT2D eigenvalue weighted by atomic mass is 10.4. The lowest BCUT2D eigenvalue weighted by molar-refractivity contribution is -0.129. The van der Waals surface area contributed by atoms with Gasteiger partial charge in [-0.25, -0.2) is 23.1 Å². The number of hydrogen-bond donors (Lipinski definition) is 1. The van der Waals surface area contributed by atoms with Crippen molar-refractivity contribution in [2.24, 2.45) is 0 Å². The second kappa shape index (κ2) is 7.41. The molecule has 0 saturated carbocycles. The molecule has 11 heteroatoms. The molecule has 0 aliphatic carbocycles. The summed E-state index contributed by atoms with van der Waals surface area (Å²) < 4.78 is 66.6. The van der Waals surface area contributed by atoms with Crippen molar-refractivity contribution in [3.63, 3.8) is 0 Å². The van der Waals surface area contributed by atoms with Crippen molar-refractivity contribution < 1.29 is 26.3 Å². The van der Waals surface area contributed by atoms with E-state index in [0.29, 0.717) is 32.1 Å². The van der Waals surface area contributed by atoms with Gasteiger partial charge in [0.05, 0.1) is 31.9 Å². The summed E-state index contributed by atoms with van der Waals surface area (Å²) in [6, 6.07) is 1.69. The molecule has 0 amide bonds. The third kappa shape index (κ3) is 6.28. The van der Waals surface area contributed by atoms with Gasteiger partial charge in [0.1, 0.15) is 11.6 Å². The van der Waals surface area contributed by atoms with Crippen LogP contribution in [0.25, 0.3) is 0 Å². The number of nitrogens with one attached hydrogen (secondary N) is 1. The zero-order valence-corrected chi connectivity index (χ0v) is 13.0. The van der Waals surface area contributed by atoms with Crippen LogP contribution in [0.4, 0.5) is 19.0 Å². The van der Waals surface area contributed by atoms with E-state index in [2.05, 4.69) is 14.7 Å². The molecule has 1 aliphatic heterocycles. The van der Waals surface area contributed by atoms with Crippen LogP contribution in [-0.2, 0) is 21.3 Å². The maximum Gasteiger partial charge on any atom is 0.390 e. The van der Waals surface area contributed by atoms with Gasteiger partial charge in [-0.1, -0.05) is 0 Å². The molecule has 1 N–H and O–H groups in total. The molecule has 0 radical (unpaired) electrons. The third-order valence-electron chi connectivity index (χ3n) is 3.13. The van der Waals surface area contributed by atoms with E-state index in [1.165, 1.54) is 6.20 Å². The SMILES string of the molecule is O=S(=O)(CCC(F)(F)F)NCc1nccc(N2CCOCC2)n1. The lowest BCUT2D eigenvalue weighted by Crippen LogP contribution is -2.37. The van der Waals surface area contributed by atoms with Crippen molar-refractivity contribution in [3.8, 4) is 0 Å². The summed E-state index contributed by atoms with van der Waals surface area (Å²) in [6.45, 7) is 2.21. The predicted octanol–water partition coefficient (Wildman–Crippen LogP) is 0.685. The van der Waals surface area contributed by atoms with E-state index < -0.39 is 28.4 Å². The molecule has 1 aromatic heterocycles. The van der Waals surface area contributed by atoms with Crippen LogP contribution in [-0.4, -0.2) is 56.6 Å². The molecule has 0 bridgehead atoms. The molecule has 1 aromatic rings. The fourth-order valence-electron chi connectivity index (χ4n) is 1.94. The summed E-state index contributed by atoms with van der Waals surface area (Å²) in [7, 11) is -4.03. The number of ether oxygens (including phenoxy) is 1. The minimum Gasteiger partial charge on any atom is -0.378 e. The topological polar surface area (TPSA) is 84.4 Å². The first-order valence-electron chi connectivity index (χ1n) is 6.94. The number of morpholine rings is 1. The molecule has 0 atom stereocenters. The molecule has 7 nitrogen and oxygen atoms in total. The molecular formula is C12H17F3N4O3S. The minimum atomic E-state index is -4.51. The maximum absolute atomic E-state index is 12.1. The molecule has 1 fully saturated rings. The number of anilines is 1. The van der Waals surface area contributed by atoms with Crippen molar-refractivity contribution in [3.05, 3.63) is 18.1 Å². The van der Waals surface area contributed by atoms with Gasteiger partial charge in [-0.3, -0.25) is 0 Å². The van der Waals surface area contributed by atoms with Gasteiger partial charge >= 0.3 is 6.18 Å². The van der Waals surface area contributed by atoms with E-state index in [1.54, 1.807) is 6.07 Å². The van der Waals surface area contributed by atoms with Gasteiger partial charge in [-0.15, -0.1) is 0 Å². The Hall–Kier alpha value is -1.46. The van der Waals surface area contributed by atoms with Crippen molar-refractivity contribution in [2.45, 2.75) is 19.1 Å². The van der Waals surface area contributed by atoms with Crippen LogP contribution < -0.4 is 9.62 Å². The van der Waals surface area contributed by atoms with Gasteiger partial charge in [0.15, 0.2) is 0 Å². The highest BCUT2D eigenvalue weighted by Crippen LogP contribution is 2.20. The summed E-state index contributed by atoms with van der Waals surface area (Å²) in [5.41, 5.74) is 0. The van der Waals surface area contributed by atoms with Crippen molar-refractivity contribution in [1.29, 1.82) is 0 Å². The average Bonchev–Trinajstić information content (AvgIpc) is 2.52. The second-order valence-electron chi connectivity index (χ2n) is 4.94. The smallest absolute Gasteiger partial charge is 0.378 e. The van der Waals surface area contributed by atoms with E-state index in [0.717, 1.165) is 0 Å². The lowest BCUT2D eigenvalue weighted by Gasteiger charge is -2.27. The molecule has 0 unspecified atom stereocenters. The number of sulfonamides is 1. The minimum absolute atomic E-state index is 0.199. The number of rotatable bonds is 6. The van der Waals surface area contributed by atoms with E-state index in [4.69, 9.17) is 4.74 Å². The fraction of sp³-hybridized carbons (Fsp3) is 0.667. The van der Waals surface area contributed by atoms with Crippen LogP contribution in [0.5, 0.6) is 0 Å². The summed E-state index contributed by atoms with van der Waals surface area (Å²) >= 11 is 0. The monoisotopic (exact) mass is 354 g/mol. The first kappa shape index (κ1) is 17.9. The van der Waals surface area contributed by atoms with Crippen LogP contribution in [0.3, 0.4) is 0 Å². The van der Waals surface area contributed by atoms with Crippen LogP contribution in [0.2, 0.25) is 0 Å². The van der Waals surface area contributed by atoms with E-state index in [1.807, 2.05) is 4.90 Å². The van der Waals surface area contributed by atoms with E-state index in [-0.39, 0.29) is 12.4 Å². The van der Waals surface area contributed by atoms with Crippen molar-refractivity contribution in [2.75, 3.05) is 37.0 Å². The molecule has 1 saturated heterocycles. The number of halogens is 3. The van der Waals surface area contributed by atoms with Crippen LogP contribution >= 0.6 is 0 Å². The Labute approximate surface area is 131 Å². The largest absolute Gasteiger partial charge is 0.390 e. The molecule has 1 aliphatic rings. The maximum atomic E-state index is 12.1. The molecule has 130 valence electrons. The highest BCUT2D eigenvalue weighted by molar-refractivity contribution is 7.89. The number of hydrogen-bond acceptors (Lipinski definition) is 6. The Kier molecular flexibility index (Phi) is 5.76. The Balaban J connectivity index is 1.92. The summed E-state index contributed by atoms with van der Waals surface area (Å²) in [4.78, 5) is 10.1. The average molecular weight is 354 g/mol. The molecular weight excluding hydrogens is 337 g/mol. The van der Waals surface area contributed by atoms with E-state index in [9.17, 15) is 21.6 Å². The first-order chi connectivity index (χ1) is 10.8. The fourth-order valence-corrected chi connectivity index (χ4v) is 2.93. The van der Waals surface area contributed by atoms with Crippen LogP contribution in [0.15, 0.2) is 12.3 Å². The Morgan fingerprint density at radius 3 is 2.65 bits per heavy atom. The van der Waals surface area contributed by atoms with Gasteiger partial charge in [0.2, 0.25) is 10.0 Å². The van der Waals surface area contributed by atoms with Crippen LogP contribution in [0, 0.1) is 0 Å². The van der Waals surface area contributed by atoms with Gasteiger partial charge in [-0.05, 0) is 6.07 Å². The quantitative estimate of drug-likeness (QED) is 0.809. The highest BCUT2D eigenvalue weighted by atomic mass is 32.2. The van der Waals surface area contributed by atoms with Crippen molar-refractivity contribution in [1.82, 2.24) is 14.7 Å². The Morgan fingerprint density at radius 1 is 1.30 bits per heavy atom. The van der Waals surface area contributed by atoms with Gasteiger partial charge in [-0.2, -0.15) is 13.2 Å². The van der Waals surface area contributed by atoms with E-state index >= 15 is 0 Å². The number of alkyl halides is 3. The Bertz CT molecular complexity index is 618. The highest BCUT2D eigenvalue weighted by Gasteiger charge is 2.29. The second-order valence-corrected chi connectivity index (χ2v) is 6.86. The zero-order valence-electron chi connectivity index (χ0n) is 12.2. The first-order valence-corrected chi connectivity index (χ1v) is 8.59. The zero-order chi connectivity index (χ0) is 16.9. The molecule has 2 heterocycles.